The summed E-state index contributed by atoms with van der Waals surface area (Å²) in [5, 5.41) is 8.93. The highest BCUT2D eigenvalue weighted by Gasteiger charge is 2.59. The van der Waals surface area contributed by atoms with E-state index in [0.29, 0.717) is 23.1 Å². The van der Waals surface area contributed by atoms with Crippen LogP contribution in [0.15, 0.2) is 24.3 Å². The third-order valence-corrected chi connectivity index (χ3v) is 5.48. The molecular formula is C17H23NO3. The first-order valence-corrected chi connectivity index (χ1v) is 7.62. The molecule has 0 aliphatic heterocycles. The van der Waals surface area contributed by atoms with E-state index in [4.69, 9.17) is 9.84 Å². The fourth-order valence-electron chi connectivity index (χ4n) is 4.07. The molecular weight excluding hydrogens is 266 g/mol. The average Bonchev–Trinajstić information content (AvgIpc) is 2.36. The summed E-state index contributed by atoms with van der Waals surface area (Å²) in [5.41, 5.74) is 1.89. The number of carboxylic acid groups (broad SMARTS) is 1. The van der Waals surface area contributed by atoms with E-state index in [1.807, 2.05) is 19.2 Å². The number of carboxylic acids is 1. The van der Waals surface area contributed by atoms with Gasteiger partial charge in [-0.3, -0.25) is 4.90 Å². The summed E-state index contributed by atoms with van der Waals surface area (Å²) in [6, 6.07) is 7.79. The minimum atomic E-state index is -0.870. The number of hydrogen-bond acceptors (Lipinski definition) is 3. The summed E-state index contributed by atoms with van der Waals surface area (Å²) < 4.78 is 5.62. The molecule has 0 amide bonds. The predicted octanol–water partition coefficient (Wildman–Crippen LogP) is 2.77. The van der Waals surface area contributed by atoms with Crippen LogP contribution in [0.5, 0.6) is 0 Å². The van der Waals surface area contributed by atoms with E-state index >= 15 is 0 Å². The van der Waals surface area contributed by atoms with Gasteiger partial charge in [0.1, 0.15) is 0 Å². The van der Waals surface area contributed by atoms with Gasteiger partial charge in [0.15, 0.2) is 0 Å². The van der Waals surface area contributed by atoms with Crippen LogP contribution in [-0.2, 0) is 11.3 Å². The van der Waals surface area contributed by atoms with Gasteiger partial charge >= 0.3 is 5.97 Å². The van der Waals surface area contributed by atoms with Gasteiger partial charge < -0.3 is 9.84 Å². The molecule has 1 spiro atoms. The van der Waals surface area contributed by atoms with Crippen LogP contribution >= 0.6 is 0 Å². The summed E-state index contributed by atoms with van der Waals surface area (Å²) in [4.78, 5) is 13.3. The van der Waals surface area contributed by atoms with Gasteiger partial charge in [-0.25, -0.2) is 4.79 Å². The Morgan fingerprint density at radius 3 is 2.52 bits per heavy atom. The third-order valence-electron chi connectivity index (χ3n) is 5.48. The van der Waals surface area contributed by atoms with Gasteiger partial charge in [-0.05, 0) is 44.0 Å². The lowest BCUT2D eigenvalue weighted by atomic mass is 9.50. The zero-order valence-corrected chi connectivity index (χ0v) is 12.7. The maximum Gasteiger partial charge on any atom is 0.335 e. The fraction of sp³-hybridized carbons (Fsp3) is 0.588. The molecule has 0 saturated heterocycles. The van der Waals surface area contributed by atoms with Crippen molar-refractivity contribution in [1.29, 1.82) is 0 Å². The summed E-state index contributed by atoms with van der Waals surface area (Å²) >= 11 is 0. The summed E-state index contributed by atoms with van der Waals surface area (Å²) in [7, 11) is 3.99. The van der Waals surface area contributed by atoms with Crippen molar-refractivity contribution in [2.24, 2.45) is 5.41 Å². The zero-order valence-electron chi connectivity index (χ0n) is 12.7. The standard InChI is InChI=1S/C17H23NO3/c1-18(11-12-4-6-13(7-5-12)16(19)20)14-10-15(21-2)17(14)8-3-9-17/h4-7,14-15H,3,8-11H2,1-2H3,(H,19,20)/t14-,15+/m1/s1. The van der Waals surface area contributed by atoms with Gasteiger partial charge in [0.05, 0.1) is 11.7 Å². The molecule has 0 unspecified atom stereocenters. The molecule has 2 aliphatic carbocycles. The van der Waals surface area contributed by atoms with Crippen molar-refractivity contribution in [3.8, 4) is 0 Å². The Bertz CT molecular complexity index is 521. The highest BCUT2D eigenvalue weighted by Crippen LogP contribution is 2.58. The molecule has 1 aromatic carbocycles. The van der Waals surface area contributed by atoms with Gasteiger partial charge in [0, 0.05) is 25.1 Å². The maximum atomic E-state index is 10.9. The Balaban J connectivity index is 1.64. The van der Waals surface area contributed by atoms with Crippen molar-refractivity contribution in [3.05, 3.63) is 35.4 Å². The maximum absolute atomic E-state index is 10.9. The Labute approximate surface area is 125 Å². The van der Waals surface area contributed by atoms with Crippen LogP contribution in [0.2, 0.25) is 0 Å². The van der Waals surface area contributed by atoms with Gasteiger partial charge in [0.25, 0.3) is 0 Å². The Morgan fingerprint density at radius 2 is 2.05 bits per heavy atom. The summed E-state index contributed by atoms with van der Waals surface area (Å²) in [6.45, 7) is 0.864. The minimum absolute atomic E-state index is 0.347. The lowest BCUT2D eigenvalue weighted by Gasteiger charge is -2.63. The van der Waals surface area contributed by atoms with E-state index in [9.17, 15) is 4.79 Å². The van der Waals surface area contributed by atoms with Gasteiger partial charge in [0.2, 0.25) is 0 Å². The van der Waals surface area contributed by atoms with Crippen molar-refractivity contribution >= 4 is 5.97 Å². The van der Waals surface area contributed by atoms with Crippen molar-refractivity contribution in [2.45, 2.75) is 44.4 Å². The van der Waals surface area contributed by atoms with Crippen LogP contribution in [0, 0.1) is 5.41 Å². The average molecular weight is 289 g/mol. The molecule has 4 heteroatoms. The van der Waals surface area contributed by atoms with E-state index < -0.39 is 5.97 Å². The van der Waals surface area contributed by atoms with E-state index in [0.717, 1.165) is 18.5 Å². The highest BCUT2D eigenvalue weighted by molar-refractivity contribution is 5.87. The Kier molecular flexibility index (Phi) is 3.76. The van der Waals surface area contributed by atoms with Crippen molar-refractivity contribution < 1.29 is 14.6 Å². The van der Waals surface area contributed by atoms with Crippen molar-refractivity contribution in [1.82, 2.24) is 4.90 Å². The number of nitrogens with zero attached hydrogens (tertiary/aromatic N) is 1. The highest BCUT2D eigenvalue weighted by atomic mass is 16.5. The molecule has 2 aliphatic rings. The Hall–Kier alpha value is -1.39. The number of carbonyl (C=O) groups is 1. The van der Waals surface area contributed by atoms with E-state index in [2.05, 4.69) is 11.9 Å². The topological polar surface area (TPSA) is 49.8 Å². The van der Waals surface area contributed by atoms with Gasteiger partial charge in [-0.15, -0.1) is 0 Å². The van der Waals surface area contributed by atoms with Crippen LogP contribution in [0.3, 0.4) is 0 Å². The van der Waals surface area contributed by atoms with Crippen LogP contribution in [0.1, 0.15) is 41.6 Å². The molecule has 0 bridgehead atoms. The lowest BCUT2D eigenvalue weighted by molar-refractivity contribution is -0.192. The molecule has 3 rings (SSSR count). The SMILES string of the molecule is CO[C@H]1C[C@@H](N(C)Cc2ccc(C(=O)O)cc2)C12CCC2. The van der Waals surface area contributed by atoms with Crippen LogP contribution in [0.25, 0.3) is 0 Å². The second-order valence-corrected chi connectivity index (χ2v) is 6.48. The van der Waals surface area contributed by atoms with E-state index in [1.54, 1.807) is 12.1 Å². The van der Waals surface area contributed by atoms with Crippen LogP contribution < -0.4 is 0 Å². The second-order valence-electron chi connectivity index (χ2n) is 6.48. The quantitative estimate of drug-likeness (QED) is 0.905. The number of ether oxygens (including phenoxy) is 1. The number of benzene rings is 1. The number of hydrogen-bond donors (Lipinski definition) is 1. The first-order chi connectivity index (χ1) is 10.1. The van der Waals surface area contributed by atoms with Crippen LogP contribution in [0.4, 0.5) is 0 Å². The van der Waals surface area contributed by atoms with E-state index in [-0.39, 0.29) is 0 Å². The third kappa shape index (κ3) is 2.36. The minimum Gasteiger partial charge on any atom is -0.478 e. The molecule has 2 fully saturated rings. The second kappa shape index (κ2) is 5.43. The first kappa shape index (κ1) is 14.5. The van der Waals surface area contributed by atoms with Gasteiger partial charge in [-0.1, -0.05) is 18.6 Å². The zero-order chi connectivity index (χ0) is 15.0. The molecule has 0 aromatic heterocycles. The molecule has 0 radical (unpaired) electrons. The van der Waals surface area contributed by atoms with Crippen molar-refractivity contribution in [2.75, 3.05) is 14.2 Å². The normalized spacial score (nSPS) is 26.4. The van der Waals surface area contributed by atoms with E-state index in [1.165, 1.54) is 19.3 Å². The molecule has 21 heavy (non-hydrogen) atoms. The predicted molar refractivity (Wildman–Crippen MR) is 80.4 cm³/mol. The lowest BCUT2D eigenvalue weighted by Crippen LogP contribution is -2.66. The number of aromatic carboxylic acids is 1. The monoisotopic (exact) mass is 289 g/mol. The molecule has 0 heterocycles. The fourth-order valence-corrected chi connectivity index (χ4v) is 4.07. The summed E-state index contributed by atoms with van der Waals surface area (Å²) in [5.74, 6) is -0.870. The van der Waals surface area contributed by atoms with Gasteiger partial charge in [-0.2, -0.15) is 0 Å². The van der Waals surface area contributed by atoms with Crippen molar-refractivity contribution in [3.63, 3.8) is 0 Å². The molecule has 114 valence electrons. The molecule has 1 N–H and O–H groups in total. The largest absolute Gasteiger partial charge is 0.478 e. The summed E-state index contributed by atoms with van der Waals surface area (Å²) in [6.07, 6.45) is 5.40. The molecule has 1 aromatic rings. The smallest absolute Gasteiger partial charge is 0.335 e. The number of rotatable bonds is 5. The van der Waals surface area contributed by atoms with Crippen LogP contribution in [-0.4, -0.2) is 42.3 Å². The molecule has 4 nitrogen and oxygen atoms in total. The molecule has 2 atom stereocenters. The number of methoxy groups -OCH3 is 1. The first-order valence-electron chi connectivity index (χ1n) is 7.62. The Morgan fingerprint density at radius 1 is 1.38 bits per heavy atom. The molecule has 2 saturated carbocycles.